The maximum atomic E-state index is 12.3. The summed E-state index contributed by atoms with van der Waals surface area (Å²) in [5.74, 6) is -1.44. The van der Waals surface area contributed by atoms with Crippen molar-refractivity contribution in [2.45, 2.75) is 25.9 Å². The highest BCUT2D eigenvalue weighted by atomic mass is 32.2. The smallest absolute Gasteiger partial charge is 0.355 e. The number of rotatable bonds is 5. The van der Waals surface area contributed by atoms with E-state index in [4.69, 9.17) is 5.11 Å². The number of carbonyl (C=O) groups excluding carboxylic acids is 1. The second-order valence-corrected chi connectivity index (χ2v) is 8.87. The number of hydrogen-bond acceptors (Lipinski definition) is 6. The van der Waals surface area contributed by atoms with Crippen molar-refractivity contribution >= 4 is 38.9 Å². The van der Waals surface area contributed by atoms with Crippen LogP contribution < -0.4 is 9.62 Å². The van der Waals surface area contributed by atoms with E-state index < -0.39 is 16.0 Å². The average molecular weight is 395 g/mol. The van der Waals surface area contributed by atoms with Crippen LogP contribution in [0, 0.1) is 0 Å². The molecule has 1 aliphatic rings. The van der Waals surface area contributed by atoms with Crippen molar-refractivity contribution in [1.29, 1.82) is 0 Å². The first-order chi connectivity index (χ1) is 12.2. The van der Waals surface area contributed by atoms with Gasteiger partial charge >= 0.3 is 5.97 Å². The molecule has 0 saturated heterocycles. The maximum Gasteiger partial charge on any atom is 0.355 e. The van der Waals surface area contributed by atoms with E-state index >= 15 is 0 Å². The summed E-state index contributed by atoms with van der Waals surface area (Å²) >= 11 is 1.16. The van der Waals surface area contributed by atoms with Crippen molar-refractivity contribution in [1.82, 2.24) is 10.3 Å². The lowest BCUT2D eigenvalue weighted by atomic mass is 10.1. The van der Waals surface area contributed by atoms with Crippen LogP contribution in [0.3, 0.4) is 0 Å². The summed E-state index contributed by atoms with van der Waals surface area (Å²) in [7, 11) is -3.37. The van der Waals surface area contributed by atoms with E-state index in [-0.39, 0.29) is 24.2 Å². The zero-order valence-electron chi connectivity index (χ0n) is 14.1. The zero-order valence-corrected chi connectivity index (χ0v) is 15.7. The van der Waals surface area contributed by atoms with Gasteiger partial charge in [-0.15, -0.1) is 11.3 Å². The minimum absolute atomic E-state index is 0.0494. The number of nitrogens with zero attached hydrogens (tertiary/aromatic N) is 2. The molecule has 3 rings (SSSR count). The number of nitrogens with one attached hydrogen (secondary N) is 1. The first-order valence-corrected chi connectivity index (χ1v) is 10.5. The Morgan fingerprint density at radius 2 is 2.15 bits per heavy atom. The predicted molar refractivity (Wildman–Crippen MR) is 97.2 cm³/mol. The maximum absolute atomic E-state index is 12.3. The lowest BCUT2D eigenvalue weighted by molar-refractivity contribution is 0.0691. The molecule has 1 aromatic heterocycles. The normalized spacial score (nSPS) is 16.4. The van der Waals surface area contributed by atoms with E-state index in [0.29, 0.717) is 22.7 Å². The van der Waals surface area contributed by atoms with Gasteiger partial charge in [-0.25, -0.2) is 18.2 Å². The van der Waals surface area contributed by atoms with Crippen LogP contribution in [0.2, 0.25) is 0 Å². The fourth-order valence-corrected chi connectivity index (χ4v) is 4.97. The minimum atomic E-state index is -3.37. The van der Waals surface area contributed by atoms with Gasteiger partial charge in [-0.3, -0.25) is 9.10 Å². The summed E-state index contributed by atoms with van der Waals surface area (Å²) in [6, 6.07) is 4.72. The number of carbonyl (C=O) groups is 2. The number of hydrogen-bond donors (Lipinski definition) is 2. The Balaban J connectivity index is 1.73. The van der Waals surface area contributed by atoms with Crippen LogP contribution >= 0.6 is 11.3 Å². The molecule has 2 heterocycles. The van der Waals surface area contributed by atoms with Crippen LogP contribution in [0.4, 0.5) is 5.69 Å². The van der Waals surface area contributed by atoms with Crippen molar-refractivity contribution < 1.29 is 23.1 Å². The van der Waals surface area contributed by atoms with Crippen molar-refractivity contribution in [3.8, 4) is 0 Å². The Labute approximate surface area is 154 Å². The molecular weight excluding hydrogens is 378 g/mol. The highest BCUT2D eigenvalue weighted by Crippen LogP contribution is 2.34. The molecule has 0 fully saturated rings. The van der Waals surface area contributed by atoms with Crippen molar-refractivity contribution in [3.63, 3.8) is 0 Å². The van der Waals surface area contributed by atoms with E-state index in [1.54, 1.807) is 18.2 Å². The van der Waals surface area contributed by atoms with Gasteiger partial charge in [0.2, 0.25) is 10.0 Å². The molecule has 26 heavy (non-hydrogen) atoms. The minimum Gasteiger partial charge on any atom is -0.476 e. The number of anilines is 1. The summed E-state index contributed by atoms with van der Waals surface area (Å²) in [5.41, 5.74) is 1.77. The molecule has 2 N–H and O–H groups in total. The fourth-order valence-electron chi connectivity index (χ4n) is 3.00. The molecule has 0 unspecified atom stereocenters. The van der Waals surface area contributed by atoms with Gasteiger partial charge in [-0.1, -0.05) is 0 Å². The molecule has 138 valence electrons. The first-order valence-electron chi connectivity index (χ1n) is 7.75. The second kappa shape index (κ2) is 6.69. The first kappa shape index (κ1) is 18.3. The molecular formula is C16H17N3O5S2. The van der Waals surface area contributed by atoms with Gasteiger partial charge in [-0.05, 0) is 37.1 Å². The number of aromatic nitrogens is 1. The van der Waals surface area contributed by atoms with Gasteiger partial charge in [0.05, 0.1) is 18.5 Å². The molecule has 0 spiro atoms. The summed E-state index contributed by atoms with van der Waals surface area (Å²) in [6.45, 7) is 1.95. The third kappa shape index (κ3) is 3.56. The Morgan fingerprint density at radius 3 is 2.77 bits per heavy atom. The molecule has 1 aliphatic heterocycles. The Bertz CT molecular complexity index is 984. The van der Waals surface area contributed by atoms with Crippen LogP contribution in [0.1, 0.15) is 38.3 Å². The van der Waals surface area contributed by atoms with Crippen molar-refractivity contribution in [2.24, 2.45) is 0 Å². The van der Waals surface area contributed by atoms with Gasteiger partial charge in [0.25, 0.3) is 5.91 Å². The van der Waals surface area contributed by atoms with Crippen LogP contribution in [0.15, 0.2) is 23.6 Å². The molecule has 1 amide bonds. The standard InChI is InChI=1S/C16H17N3O5S2/c1-9-5-11-6-10(3-4-13(11)19(9)26(2,23)24)15(20)17-7-14-18-12(8-25-14)16(21)22/h3-4,6,8-9H,5,7H2,1-2H3,(H,17,20)(H,21,22)/t9-/m0/s1. The van der Waals surface area contributed by atoms with Crippen molar-refractivity contribution in [3.05, 3.63) is 45.4 Å². The molecule has 1 atom stereocenters. The van der Waals surface area contributed by atoms with E-state index in [0.717, 1.165) is 16.9 Å². The number of sulfonamides is 1. The lowest BCUT2D eigenvalue weighted by Gasteiger charge is -2.21. The quantitative estimate of drug-likeness (QED) is 0.792. The number of benzene rings is 1. The third-order valence-corrected chi connectivity index (χ3v) is 6.14. The van der Waals surface area contributed by atoms with Gasteiger partial charge in [0, 0.05) is 17.0 Å². The average Bonchev–Trinajstić information content (AvgIpc) is 3.14. The zero-order chi connectivity index (χ0) is 19.1. The van der Waals surface area contributed by atoms with Crippen LogP contribution in [-0.2, 0) is 23.0 Å². The van der Waals surface area contributed by atoms with Crippen LogP contribution in [-0.4, -0.2) is 42.7 Å². The highest BCUT2D eigenvalue weighted by molar-refractivity contribution is 7.92. The van der Waals surface area contributed by atoms with Gasteiger partial charge in [-0.2, -0.15) is 0 Å². The lowest BCUT2D eigenvalue weighted by Crippen LogP contribution is -2.34. The number of aromatic carboxylic acids is 1. The Morgan fingerprint density at radius 1 is 1.42 bits per heavy atom. The van der Waals surface area contributed by atoms with Crippen LogP contribution in [0.25, 0.3) is 0 Å². The molecule has 0 radical (unpaired) electrons. The second-order valence-electron chi connectivity index (χ2n) is 6.07. The predicted octanol–water partition coefficient (Wildman–Crippen LogP) is 1.48. The third-order valence-electron chi connectivity index (χ3n) is 4.02. The van der Waals surface area contributed by atoms with E-state index in [2.05, 4.69) is 10.3 Å². The van der Waals surface area contributed by atoms with E-state index in [1.807, 2.05) is 6.92 Å². The molecule has 0 aliphatic carbocycles. The summed E-state index contributed by atoms with van der Waals surface area (Å²) in [6.07, 6.45) is 1.70. The van der Waals surface area contributed by atoms with Crippen molar-refractivity contribution in [2.75, 3.05) is 10.6 Å². The molecule has 2 aromatic rings. The van der Waals surface area contributed by atoms with E-state index in [1.165, 1.54) is 15.9 Å². The molecule has 10 heteroatoms. The number of thiazole rings is 1. The van der Waals surface area contributed by atoms with Gasteiger partial charge < -0.3 is 10.4 Å². The molecule has 0 bridgehead atoms. The van der Waals surface area contributed by atoms with E-state index in [9.17, 15) is 18.0 Å². The number of carboxylic acids is 1. The molecule has 0 saturated carbocycles. The Hall–Kier alpha value is -2.46. The Kier molecular flexibility index (Phi) is 4.72. The summed E-state index contributed by atoms with van der Waals surface area (Å²) in [4.78, 5) is 27.1. The van der Waals surface area contributed by atoms with Gasteiger partial charge in [0.1, 0.15) is 5.01 Å². The largest absolute Gasteiger partial charge is 0.476 e. The number of fused-ring (bicyclic) bond motifs is 1. The SMILES string of the molecule is C[C@H]1Cc2cc(C(=O)NCc3nc(C(=O)O)cs3)ccc2N1S(C)(=O)=O. The fraction of sp³-hybridized carbons (Fsp3) is 0.312. The molecule has 1 aromatic carbocycles. The molecule has 8 nitrogen and oxygen atoms in total. The number of carboxylic acid groups (broad SMARTS) is 1. The monoisotopic (exact) mass is 395 g/mol. The summed E-state index contributed by atoms with van der Waals surface area (Å²) in [5, 5.41) is 13.5. The topological polar surface area (TPSA) is 117 Å². The van der Waals surface area contributed by atoms with Gasteiger partial charge in [0.15, 0.2) is 5.69 Å². The number of amides is 1. The van der Waals surface area contributed by atoms with Crippen LogP contribution in [0.5, 0.6) is 0 Å². The highest BCUT2D eigenvalue weighted by Gasteiger charge is 2.32. The summed E-state index contributed by atoms with van der Waals surface area (Å²) < 4.78 is 25.2.